The second kappa shape index (κ2) is 11.6. The molecule has 232 valence electrons. The van der Waals surface area contributed by atoms with Gasteiger partial charge in [-0.05, 0) is 117 Å². The lowest BCUT2D eigenvalue weighted by atomic mass is 9.85. The van der Waals surface area contributed by atoms with E-state index in [4.69, 9.17) is 0 Å². The Morgan fingerprint density at radius 2 is 0.640 bits per heavy atom. The second-order valence-corrected chi connectivity index (χ2v) is 13.3. The van der Waals surface area contributed by atoms with Gasteiger partial charge in [-0.15, -0.1) is 0 Å². The van der Waals surface area contributed by atoms with Gasteiger partial charge in [0.1, 0.15) is 0 Å². The average Bonchev–Trinajstić information content (AvgIpc) is 3.19. The number of hydrogen-bond donors (Lipinski definition) is 0. The summed E-state index contributed by atoms with van der Waals surface area (Å²) in [7, 11) is 0. The van der Waals surface area contributed by atoms with E-state index in [1.165, 1.54) is 98.4 Å². The van der Waals surface area contributed by atoms with Crippen LogP contribution in [0.15, 0.2) is 194 Å². The third kappa shape index (κ3) is 4.61. The summed E-state index contributed by atoms with van der Waals surface area (Å²) >= 11 is 0. The third-order valence-corrected chi connectivity index (χ3v) is 10.4. The van der Waals surface area contributed by atoms with Gasteiger partial charge in [0.15, 0.2) is 0 Å². The zero-order valence-corrected chi connectivity index (χ0v) is 27.5. The topological polar surface area (TPSA) is 0 Å². The van der Waals surface area contributed by atoms with Crippen molar-refractivity contribution in [2.24, 2.45) is 0 Å². The van der Waals surface area contributed by atoms with Crippen molar-refractivity contribution in [3.05, 3.63) is 194 Å². The molecular weight excluding hydrogens is 601 g/mol. The predicted molar refractivity (Wildman–Crippen MR) is 216 cm³/mol. The van der Waals surface area contributed by atoms with Crippen LogP contribution in [0.3, 0.4) is 0 Å². The molecule has 0 spiro atoms. The van der Waals surface area contributed by atoms with Gasteiger partial charge in [-0.3, -0.25) is 0 Å². The van der Waals surface area contributed by atoms with E-state index < -0.39 is 0 Å². The van der Waals surface area contributed by atoms with Crippen molar-refractivity contribution in [2.75, 3.05) is 0 Å². The molecule has 0 fully saturated rings. The van der Waals surface area contributed by atoms with Gasteiger partial charge in [-0.1, -0.05) is 176 Å². The molecule has 0 aromatic heterocycles. The van der Waals surface area contributed by atoms with Gasteiger partial charge in [-0.25, -0.2) is 0 Å². The Bertz CT molecular complexity index is 2840. The normalized spacial score (nSPS) is 11.6. The van der Waals surface area contributed by atoms with Crippen LogP contribution in [0.1, 0.15) is 0 Å². The van der Waals surface area contributed by atoms with Crippen molar-refractivity contribution in [1.82, 2.24) is 0 Å². The summed E-state index contributed by atoms with van der Waals surface area (Å²) in [5.74, 6) is 0. The molecule has 0 radical (unpaired) electrons. The van der Waals surface area contributed by atoms with Crippen molar-refractivity contribution in [3.8, 4) is 44.5 Å². The van der Waals surface area contributed by atoms with E-state index in [9.17, 15) is 0 Å². The molecule has 0 saturated carbocycles. The summed E-state index contributed by atoms with van der Waals surface area (Å²) in [5.41, 5.74) is 10.00. The van der Waals surface area contributed by atoms with Crippen molar-refractivity contribution >= 4 is 53.9 Å². The Labute approximate surface area is 291 Å². The van der Waals surface area contributed by atoms with Gasteiger partial charge in [0, 0.05) is 0 Å². The third-order valence-electron chi connectivity index (χ3n) is 10.4. The van der Waals surface area contributed by atoms with E-state index in [1.807, 2.05) is 0 Å². The maximum Gasteiger partial charge on any atom is -0.00262 e. The fraction of sp³-hybridized carbons (Fsp3) is 0. The molecule has 0 aliphatic carbocycles. The number of rotatable bonds is 4. The van der Waals surface area contributed by atoms with E-state index in [-0.39, 0.29) is 0 Å². The van der Waals surface area contributed by atoms with Crippen LogP contribution in [0.25, 0.3) is 98.4 Å². The molecule has 10 rings (SSSR count). The van der Waals surface area contributed by atoms with Gasteiger partial charge in [0.2, 0.25) is 0 Å². The van der Waals surface area contributed by atoms with E-state index in [1.54, 1.807) is 0 Å². The summed E-state index contributed by atoms with van der Waals surface area (Å²) in [6, 6.07) is 71.3. The molecule has 0 heterocycles. The lowest BCUT2D eigenvalue weighted by Crippen LogP contribution is -1.91. The maximum atomic E-state index is 2.39. The Kier molecular flexibility index (Phi) is 6.60. The smallest absolute Gasteiger partial charge is 0.00262 e. The lowest BCUT2D eigenvalue weighted by molar-refractivity contribution is 1.61. The summed E-state index contributed by atoms with van der Waals surface area (Å²) < 4.78 is 0. The quantitative estimate of drug-likeness (QED) is 0.134. The molecule has 0 saturated heterocycles. The first-order chi connectivity index (χ1) is 24.8. The Hall–Kier alpha value is -6.50. The van der Waals surface area contributed by atoms with E-state index in [0.717, 1.165) is 0 Å². The number of benzene rings is 10. The van der Waals surface area contributed by atoms with Crippen molar-refractivity contribution in [2.45, 2.75) is 0 Å². The summed E-state index contributed by atoms with van der Waals surface area (Å²) in [6.45, 7) is 0. The minimum atomic E-state index is 1.23. The molecule has 0 aliphatic heterocycles. The summed E-state index contributed by atoms with van der Waals surface area (Å²) in [6.07, 6.45) is 0. The predicted octanol–water partition coefficient (Wildman–Crippen LogP) is 14.1. The average molecular weight is 633 g/mol. The Balaban J connectivity index is 1.16. The molecule has 10 aromatic rings. The van der Waals surface area contributed by atoms with Crippen LogP contribution in [0, 0.1) is 0 Å². The van der Waals surface area contributed by atoms with Gasteiger partial charge in [-0.2, -0.15) is 0 Å². The Morgan fingerprint density at radius 3 is 1.30 bits per heavy atom. The zero-order valence-electron chi connectivity index (χ0n) is 27.5. The molecular formula is C50H32. The van der Waals surface area contributed by atoms with Gasteiger partial charge < -0.3 is 0 Å². The van der Waals surface area contributed by atoms with Crippen LogP contribution < -0.4 is 0 Å². The fourth-order valence-electron chi connectivity index (χ4n) is 8.07. The van der Waals surface area contributed by atoms with Crippen LogP contribution in [0.2, 0.25) is 0 Å². The fourth-order valence-corrected chi connectivity index (χ4v) is 8.07. The van der Waals surface area contributed by atoms with Crippen LogP contribution in [0.5, 0.6) is 0 Å². The van der Waals surface area contributed by atoms with Crippen LogP contribution >= 0.6 is 0 Å². The highest BCUT2D eigenvalue weighted by Crippen LogP contribution is 2.45. The van der Waals surface area contributed by atoms with Crippen molar-refractivity contribution in [3.63, 3.8) is 0 Å². The first-order valence-corrected chi connectivity index (χ1v) is 17.3. The Morgan fingerprint density at radius 1 is 0.200 bits per heavy atom. The molecule has 0 N–H and O–H groups in total. The summed E-state index contributed by atoms with van der Waals surface area (Å²) in [4.78, 5) is 0. The molecule has 0 aliphatic rings. The van der Waals surface area contributed by atoms with Gasteiger partial charge in [0.05, 0.1) is 0 Å². The van der Waals surface area contributed by atoms with Crippen LogP contribution in [-0.2, 0) is 0 Å². The van der Waals surface area contributed by atoms with Gasteiger partial charge in [0.25, 0.3) is 0 Å². The molecule has 0 nitrogen and oxygen atoms in total. The molecule has 0 amide bonds. The summed E-state index contributed by atoms with van der Waals surface area (Å²) in [5, 5.41) is 12.7. The van der Waals surface area contributed by atoms with Gasteiger partial charge >= 0.3 is 0 Å². The van der Waals surface area contributed by atoms with Crippen molar-refractivity contribution in [1.29, 1.82) is 0 Å². The SMILES string of the molecule is c1ccc(-c2ccc(-c3c4ccccc4c(-c4ccc5ccc(-c6cc7ccccc7c7ccccc67)cc5c4)c4ccccc34)cc2)cc1. The molecule has 0 heteroatoms. The number of fused-ring (bicyclic) bond motifs is 6. The van der Waals surface area contributed by atoms with Crippen LogP contribution in [0.4, 0.5) is 0 Å². The van der Waals surface area contributed by atoms with E-state index in [0.29, 0.717) is 0 Å². The molecule has 10 aromatic carbocycles. The molecule has 50 heavy (non-hydrogen) atoms. The number of hydrogen-bond acceptors (Lipinski definition) is 0. The molecule has 0 bridgehead atoms. The monoisotopic (exact) mass is 632 g/mol. The van der Waals surface area contributed by atoms with Crippen molar-refractivity contribution < 1.29 is 0 Å². The minimum absolute atomic E-state index is 1.23. The maximum absolute atomic E-state index is 2.39. The highest BCUT2D eigenvalue weighted by atomic mass is 14.2. The largest absolute Gasteiger partial charge is 0.0622 e. The minimum Gasteiger partial charge on any atom is -0.0622 e. The lowest BCUT2D eigenvalue weighted by Gasteiger charge is -2.18. The zero-order chi connectivity index (χ0) is 33.0. The molecule has 0 unspecified atom stereocenters. The second-order valence-electron chi connectivity index (χ2n) is 13.3. The highest BCUT2D eigenvalue weighted by molar-refractivity contribution is 6.22. The highest BCUT2D eigenvalue weighted by Gasteiger charge is 2.17. The first kappa shape index (κ1) is 28.5. The standard InChI is InChI=1S/C50H32/c1-2-12-33(13-3-1)34-22-26-36(27-23-34)49-44-18-8-10-20-46(44)50(47-21-11-9-19-45(47)49)39-29-25-35-24-28-38(30-40(35)31-39)48-32-37-14-4-5-15-41(37)42-16-6-7-17-43(42)48/h1-32H. The van der Waals surface area contributed by atoms with Crippen LogP contribution in [-0.4, -0.2) is 0 Å². The van der Waals surface area contributed by atoms with E-state index in [2.05, 4.69) is 194 Å². The van der Waals surface area contributed by atoms with E-state index >= 15 is 0 Å². The first-order valence-electron chi connectivity index (χ1n) is 17.3. The molecule has 0 atom stereocenters.